The number of aromatic nitrogens is 1. The van der Waals surface area contributed by atoms with E-state index < -0.39 is 10.0 Å². The van der Waals surface area contributed by atoms with E-state index in [4.69, 9.17) is 5.26 Å². The van der Waals surface area contributed by atoms with Gasteiger partial charge in [-0.25, -0.2) is 17.7 Å². The average molecular weight is 397 g/mol. The van der Waals surface area contributed by atoms with Crippen LogP contribution >= 0.6 is 23.1 Å². The number of thioether (sulfide) groups is 1. The summed E-state index contributed by atoms with van der Waals surface area (Å²) in [5, 5.41) is 11.8. The molecule has 1 aromatic heterocycles. The molecule has 2 rings (SSSR count). The highest BCUT2D eigenvalue weighted by Crippen LogP contribution is 2.32. The van der Waals surface area contributed by atoms with Crippen LogP contribution in [0.3, 0.4) is 0 Å². The summed E-state index contributed by atoms with van der Waals surface area (Å²) in [4.78, 5) is 16.7. The number of amides is 1. The van der Waals surface area contributed by atoms with E-state index in [0.717, 1.165) is 14.2 Å². The third kappa shape index (κ3) is 4.58. The summed E-state index contributed by atoms with van der Waals surface area (Å²) in [6, 6.07) is 7.75. The number of nitrogens with zero attached hydrogens (tertiary/aromatic N) is 3. The first kappa shape index (κ1) is 19.4. The van der Waals surface area contributed by atoms with Gasteiger partial charge in [-0.05, 0) is 31.2 Å². The monoisotopic (exact) mass is 396 g/mol. The van der Waals surface area contributed by atoms with Crippen molar-refractivity contribution in [3.63, 3.8) is 0 Å². The minimum atomic E-state index is -3.53. The van der Waals surface area contributed by atoms with Crippen molar-refractivity contribution in [1.29, 1.82) is 5.26 Å². The molecule has 0 saturated heterocycles. The summed E-state index contributed by atoms with van der Waals surface area (Å²) >= 11 is 2.67. The molecule has 1 N–H and O–H groups in total. The molecule has 1 amide bonds. The van der Waals surface area contributed by atoms with E-state index in [2.05, 4.69) is 10.3 Å². The number of benzene rings is 1. The van der Waals surface area contributed by atoms with E-state index in [1.165, 1.54) is 61.5 Å². The smallest absolute Gasteiger partial charge is 0.257 e. The normalized spacial score (nSPS) is 11.3. The van der Waals surface area contributed by atoms with Crippen molar-refractivity contribution in [3.05, 3.63) is 35.5 Å². The second kappa shape index (κ2) is 7.97. The minimum absolute atomic E-state index is 0.120. The molecular formula is C15H16N4O3S3. The van der Waals surface area contributed by atoms with Crippen molar-refractivity contribution in [2.24, 2.45) is 0 Å². The van der Waals surface area contributed by atoms with Crippen LogP contribution in [0.2, 0.25) is 0 Å². The number of sulfonamides is 1. The van der Waals surface area contributed by atoms with Gasteiger partial charge in [0.1, 0.15) is 0 Å². The quantitative estimate of drug-likeness (QED) is 0.753. The van der Waals surface area contributed by atoms with Gasteiger partial charge in [-0.3, -0.25) is 10.1 Å². The molecule has 0 aliphatic rings. The lowest BCUT2D eigenvalue weighted by Gasteiger charge is -2.11. The lowest BCUT2D eigenvalue weighted by Crippen LogP contribution is -2.22. The number of carbonyl (C=O) groups is 1. The summed E-state index contributed by atoms with van der Waals surface area (Å²) in [7, 11) is -0.633. The molecule has 0 saturated carbocycles. The van der Waals surface area contributed by atoms with Crippen LogP contribution in [0.25, 0.3) is 0 Å². The number of hydrogen-bond donors (Lipinski definition) is 1. The largest absolute Gasteiger partial charge is 0.298 e. The topological polar surface area (TPSA) is 103 Å². The Balaban J connectivity index is 2.13. The number of nitriles is 1. The highest BCUT2D eigenvalue weighted by atomic mass is 32.2. The number of nitrogens with one attached hydrogen (secondary N) is 1. The van der Waals surface area contributed by atoms with Gasteiger partial charge < -0.3 is 0 Å². The molecule has 0 spiro atoms. The minimum Gasteiger partial charge on any atom is -0.298 e. The first-order chi connectivity index (χ1) is 11.8. The predicted octanol–water partition coefficient (Wildman–Crippen LogP) is 2.57. The Bertz CT molecular complexity index is 912. The van der Waals surface area contributed by atoms with E-state index in [1.54, 1.807) is 0 Å². The summed E-state index contributed by atoms with van der Waals surface area (Å²) in [5.41, 5.74) is 1.09. The second-order valence-corrected chi connectivity index (χ2v) is 9.50. The van der Waals surface area contributed by atoms with E-state index in [9.17, 15) is 13.2 Å². The third-order valence-corrected chi connectivity index (χ3v) is 7.27. The lowest BCUT2D eigenvalue weighted by atomic mass is 10.2. The Hall–Kier alpha value is -1.93. The highest BCUT2D eigenvalue weighted by molar-refractivity contribution is 8.01. The predicted molar refractivity (Wildman–Crippen MR) is 98.5 cm³/mol. The molecule has 10 heteroatoms. The molecule has 1 heterocycles. The lowest BCUT2D eigenvalue weighted by molar-refractivity contribution is 0.102. The molecule has 0 atom stereocenters. The van der Waals surface area contributed by atoms with Crippen LogP contribution in [0, 0.1) is 18.3 Å². The van der Waals surface area contributed by atoms with Gasteiger partial charge >= 0.3 is 0 Å². The SMILES string of the molecule is Cc1nc(NC(=O)c2ccc(S(=O)(=O)N(C)C)cc2)sc1SCC#N. The van der Waals surface area contributed by atoms with Gasteiger partial charge in [0.2, 0.25) is 10.0 Å². The van der Waals surface area contributed by atoms with Crippen LogP contribution in [0.4, 0.5) is 5.13 Å². The molecular weight excluding hydrogens is 380 g/mol. The third-order valence-electron chi connectivity index (χ3n) is 3.14. The van der Waals surface area contributed by atoms with Crippen LogP contribution in [-0.2, 0) is 10.0 Å². The first-order valence-corrected chi connectivity index (χ1v) is 10.3. The van der Waals surface area contributed by atoms with Gasteiger partial charge in [-0.2, -0.15) is 5.26 Å². The molecule has 0 bridgehead atoms. The maximum absolute atomic E-state index is 12.3. The Labute approximate surface area is 154 Å². The Morgan fingerprint density at radius 1 is 1.36 bits per heavy atom. The molecule has 0 aliphatic carbocycles. The van der Waals surface area contributed by atoms with Gasteiger partial charge in [-0.1, -0.05) is 23.1 Å². The standard InChI is InChI=1S/C15H16N4O3S3/c1-10-14(23-9-8-16)24-15(17-10)18-13(20)11-4-6-12(7-5-11)25(21,22)19(2)3/h4-7H,9H2,1-3H3,(H,17,18,20). The zero-order chi connectivity index (χ0) is 18.6. The molecule has 7 nitrogen and oxygen atoms in total. The van der Waals surface area contributed by atoms with Gasteiger partial charge in [0.05, 0.1) is 26.6 Å². The summed E-state index contributed by atoms with van der Waals surface area (Å²) in [6.45, 7) is 1.81. The van der Waals surface area contributed by atoms with E-state index in [-0.39, 0.29) is 10.8 Å². The van der Waals surface area contributed by atoms with Crippen molar-refractivity contribution in [1.82, 2.24) is 9.29 Å². The number of anilines is 1. The van der Waals surface area contributed by atoms with Crippen LogP contribution in [-0.4, -0.2) is 43.5 Å². The Morgan fingerprint density at radius 3 is 2.56 bits per heavy atom. The van der Waals surface area contributed by atoms with Gasteiger partial charge in [-0.15, -0.1) is 0 Å². The number of hydrogen-bond acceptors (Lipinski definition) is 7. The van der Waals surface area contributed by atoms with Crippen molar-refractivity contribution < 1.29 is 13.2 Å². The number of carbonyl (C=O) groups excluding carboxylic acids is 1. The molecule has 1 aromatic carbocycles. The maximum atomic E-state index is 12.3. The molecule has 0 fully saturated rings. The summed E-state index contributed by atoms with van der Waals surface area (Å²) in [5.74, 6) is -0.0579. The summed E-state index contributed by atoms with van der Waals surface area (Å²) < 4.78 is 26.0. The molecule has 2 aromatic rings. The van der Waals surface area contributed by atoms with Crippen molar-refractivity contribution in [3.8, 4) is 6.07 Å². The van der Waals surface area contributed by atoms with Gasteiger partial charge in [0.25, 0.3) is 5.91 Å². The van der Waals surface area contributed by atoms with E-state index >= 15 is 0 Å². The van der Waals surface area contributed by atoms with Gasteiger partial charge in [0, 0.05) is 19.7 Å². The second-order valence-electron chi connectivity index (χ2n) is 5.10. The maximum Gasteiger partial charge on any atom is 0.257 e. The first-order valence-electron chi connectivity index (χ1n) is 7.07. The van der Waals surface area contributed by atoms with Crippen LogP contribution in [0.15, 0.2) is 33.4 Å². The fourth-order valence-corrected chi connectivity index (χ4v) is 4.52. The molecule has 0 radical (unpaired) electrons. The zero-order valence-corrected chi connectivity index (χ0v) is 16.3. The zero-order valence-electron chi connectivity index (χ0n) is 13.8. The molecule has 0 aliphatic heterocycles. The van der Waals surface area contributed by atoms with Crippen LogP contribution in [0.5, 0.6) is 0 Å². The molecule has 25 heavy (non-hydrogen) atoms. The summed E-state index contributed by atoms with van der Waals surface area (Å²) in [6.07, 6.45) is 0. The van der Waals surface area contributed by atoms with Crippen molar-refractivity contribution >= 4 is 44.2 Å². The Kier molecular flexibility index (Phi) is 6.18. The van der Waals surface area contributed by atoms with Crippen molar-refractivity contribution in [2.75, 3.05) is 25.2 Å². The van der Waals surface area contributed by atoms with Crippen molar-refractivity contribution in [2.45, 2.75) is 16.0 Å². The fourth-order valence-electron chi connectivity index (χ4n) is 1.83. The Morgan fingerprint density at radius 2 is 2.00 bits per heavy atom. The van der Waals surface area contributed by atoms with Gasteiger partial charge in [0.15, 0.2) is 5.13 Å². The van der Waals surface area contributed by atoms with E-state index in [1.807, 2.05) is 13.0 Å². The average Bonchev–Trinajstić information content (AvgIpc) is 2.92. The molecule has 0 unspecified atom stereocenters. The number of thiazole rings is 1. The van der Waals surface area contributed by atoms with Crippen LogP contribution < -0.4 is 5.32 Å². The van der Waals surface area contributed by atoms with E-state index in [0.29, 0.717) is 16.4 Å². The molecule has 132 valence electrons. The number of aryl methyl sites for hydroxylation is 1. The highest BCUT2D eigenvalue weighted by Gasteiger charge is 2.18. The van der Waals surface area contributed by atoms with Crippen LogP contribution in [0.1, 0.15) is 16.1 Å². The fraction of sp³-hybridized carbons (Fsp3) is 0.267. The number of rotatable bonds is 6.